The van der Waals surface area contributed by atoms with Gasteiger partial charge in [0.1, 0.15) is 11.6 Å². The van der Waals surface area contributed by atoms with E-state index in [-0.39, 0.29) is 32.9 Å². The van der Waals surface area contributed by atoms with E-state index in [4.69, 9.17) is 6.35 Å². The second-order valence-corrected chi connectivity index (χ2v) is 9.50. The Morgan fingerprint density at radius 3 is 2.22 bits per heavy atom. The minimum Gasteiger partial charge on any atom is -0.507 e. The monoisotopic (exact) mass is 710 g/mol. The molecule has 0 aliphatic heterocycles. The first-order valence-corrected chi connectivity index (χ1v) is 13.1. The fourth-order valence-electron chi connectivity index (χ4n) is 5.11. The largest absolute Gasteiger partial charge is 0.507 e. The van der Waals surface area contributed by atoms with Crippen LogP contribution in [0.2, 0.25) is 0 Å². The summed E-state index contributed by atoms with van der Waals surface area (Å²) < 4.78 is 9.97. The van der Waals surface area contributed by atoms with Crippen molar-refractivity contribution in [2.75, 3.05) is 0 Å². The second kappa shape index (κ2) is 11.4. The van der Waals surface area contributed by atoms with Crippen molar-refractivity contribution in [1.82, 2.24) is 14.5 Å². The first-order valence-electron chi connectivity index (χ1n) is 13.6. The summed E-state index contributed by atoms with van der Waals surface area (Å²) in [5.41, 5.74) is 8.98. The Kier molecular flexibility index (Phi) is 6.98. The number of imidazole rings is 1. The fourth-order valence-corrected chi connectivity index (χ4v) is 5.11. The number of hydrogen-bond acceptors (Lipinski definition) is 3. The van der Waals surface area contributed by atoms with Gasteiger partial charge in [-0.1, -0.05) is 90.0 Å². The zero-order valence-corrected chi connectivity index (χ0v) is 24.1. The van der Waals surface area contributed by atoms with Crippen LogP contribution in [-0.2, 0) is 21.1 Å². The molecule has 0 fully saturated rings. The number of aromatic hydroxyl groups is 1. The van der Waals surface area contributed by atoms with Gasteiger partial charge in [0, 0.05) is 38.6 Å². The number of hydrogen-bond donors (Lipinski definition) is 1. The molecule has 2 aromatic heterocycles. The van der Waals surface area contributed by atoms with E-state index in [9.17, 15) is 5.11 Å². The summed E-state index contributed by atoms with van der Waals surface area (Å²) in [4.78, 5) is 9.74. The molecule has 41 heavy (non-hydrogen) atoms. The topological polar surface area (TPSA) is 50.9 Å². The van der Waals surface area contributed by atoms with E-state index < -0.39 is 0 Å². The third-order valence-electron chi connectivity index (χ3n) is 7.01. The third-order valence-corrected chi connectivity index (χ3v) is 7.01. The van der Waals surface area contributed by atoms with E-state index in [0.29, 0.717) is 11.4 Å². The molecule has 0 spiro atoms. The Morgan fingerprint density at radius 2 is 1.41 bits per heavy atom. The smallest absolute Gasteiger partial charge is 0.148 e. The van der Waals surface area contributed by atoms with E-state index in [1.807, 2.05) is 102 Å². The van der Waals surface area contributed by atoms with Crippen molar-refractivity contribution >= 4 is 11.0 Å². The fraction of sp³-hybridized carbons (Fsp3) is 0. The molecule has 5 heteroatoms. The molecule has 7 aromatic rings. The van der Waals surface area contributed by atoms with E-state index in [0.717, 1.165) is 50.2 Å². The van der Waals surface area contributed by atoms with E-state index in [1.165, 1.54) is 6.07 Å². The molecular weight excluding hydrogens is 685 g/mol. The van der Waals surface area contributed by atoms with Gasteiger partial charge in [0.2, 0.25) is 0 Å². The van der Waals surface area contributed by atoms with Gasteiger partial charge < -0.3 is 5.11 Å². The quantitative estimate of drug-likeness (QED) is 0.182. The van der Waals surface area contributed by atoms with Crippen molar-refractivity contribution in [3.05, 3.63) is 146 Å². The molecule has 0 atom stereocenters. The molecule has 0 unspecified atom stereocenters. The number of fused-ring (bicyclic) bond motifs is 1. The maximum Gasteiger partial charge on any atom is 0.148 e. The number of pyridine rings is 1. The van der Waals surface area contributed by atoms with Gasteiger partial charge in [0.15, 0.2) is 0 Å². The molecule has 0 bridgehead atoms. The van der Waals surface area contributed by atoms with Crippen LogP contribution < -0.4 is 0 Å². The van der Waals surface area contributed by atoms with Crippen LogP contribution in [0.5, 0.6) is 5.75 Å². The first-order chi connectivity index (χ1) is 20.2. The number of phenolic OH excluding ortho intramolecular Hbond substituents is 1. The van der Waals surface area contributed by atoms with E-state index in [2.05, 4.69) is 29.2 Å². The molecule has 0 radical (unpaired) electrons. The Morgan fingerprint density at radius 1 is 0.683 bits per heavy atom. The molecule has 2 heterocycles. The summed E-state index contributed by atoms with van der Waals surface area (Å²) in [6.45, 7) is 0. The molecule has 7 rings (SSSR count). The van der Waals surface area contributed by atoms with Crippen LogP contribution in [0.4, 0.5) is 0 Å². The second-order valence-electron chi connectivity index (χ2n) is 9.50. The van der Waals surface area contributed by atoms with Crippen molar-refractivity contribution in [2.24, 2.45) is 0 Å². The summed E-state index contributed by atoms with van der Waals surface area (Å²) in [5.74, 6) is 0.619. The van der Waals surface area contributed by atoms with Gasteiger partial charge in [0.05, 0.1) is 18.0 Å². The molecule has 0 saturated heterocycles. The number of benzene rings is 5. The van der Waals surface area contributed by atoms with Crippen LogP contribution in [-0.4, -0.2) is 19.6 Å². The number of aromatic nitrogens is 3. The molecule has 200 valence electrons. The van der Waals surface area contributed by atoms with Gasteiger partial charge in [-0.05, 0) is 47.5 Å². The minimum absolute atomic E-state index is 0. The Hall–Kier alpha value is -4.79. The molecule has 0 aliphatic carbocycles. The molecule has 5 aromatic carbocycles. The summed E-state index contributed by atoms with van der Waals surface area (Å²) in [6, 6.07) is 45.2. The zero-order valence-electron chi connectivity index (χ0n) is 22.8. The first kappa shape index (κ1) is 25.2. The maximum absolute atomic E-state index is 10.8. The standard InChI is InChI=1S/C36H24N3O.Pt/c40-34-20-8-7-17-31(34)36-38-35-30(18-10-19-33(35)39(36)29-15-5-2-6-16-29)27-13-9-14-28(23-27)32-24-26(21-22-37-32)25-11-3-1-4-12-25;/h1-22,24,40H;/q-1;/i8D;. The zero-order chi connectivity index (χ0) is 27.8. The van der Waals surface area contributed by atoms with Crippen LogP contribution in [0.15, 0.2) is 140 Å². The van der Waals surface area contributed by atoms with E-state index in [1.54, 1.807) is 12.1 Å². The normalized spacial score (nSPS) is 11.2. The van der Waals surface area contributed by atoms with E-state index >= 15 is 0 Å². The Balaban J connectivity index is 0.00000316. The Bertz CT molecular complexity index is 2020. The molecule has 4 nitrogen and oxygen atoms in total. The van der Waals surface area contributed by atoms with Gasteiger partial charge in [-0.15, -0.1) is 29.8 Å². The maximum atomic E-state index is 10.8. The number of nitrogens with zero attached hydrogens (tertiary/aromatic N) is 3. The SMILES string of the molecule is [2H]c1ccc(-c2nc3c(-c4[c-]c(-c5cc(-c6ccccc6)ccn5)ccc4)cccc3n2-c2ccccc2)c(O)c1.[Pt]. The summed E-state index contributed by atoms with van der Waals surface area (Å²) in [5, 5.41) is 10.8. The molecule has 0 saturated carbocycles. The predicted molar refractivity (Wildman–Crippen MR) is 161 cm³/mol. The third kappa shape index (κ3) is 4.99. The average Bonchev–Trinajstić information content (AvgIpc) is 3.41. The van der Waals surface area contributed by atoms with Gasteiger partial charge in [-0.2, -0.15) is 0 Å². The Labute approximate surface area is 254 Å². The molecule has 0 aliphatic rings. The summed E-state index contributed by atoms with van der Waals surface area (Å²) in [7, 11) is 0. The van der Waals surface area contributed by atoms with Gasteiger partial charge in [-0.25, -0.2) is 4.98 Å². The van der Waals surface area contributed by atoms with Crippen LogP contribution in [0, 0.1) is 6.07 Å². The minimum atomic E-state index is 0. The number of phenols is 1. The predicted octanol–water partition coefficient (Wildman–Crippen LogP) is 8.59. The molecule has 0 amide bonds. The van der Waals surface area contributed by atoms with Crippen LogP contribution in [0.25, 0.3) is 61.6 Å². The van der Waals surface area contributed by atoms with Gasteiger partial charge in [0.25, 0.3) is 0 Å². The van der Waals surface area contributed by atoms with Crippen molar-refractivity contribution in [2.45, 2.75) is 0 Å². The molecular formula is C36H24N3OPt-. The summed E-state index contributed by atoms with van der Waals surface area (Å²) in [6.07, 6.45) is 1.83. The van der Waals surface area contributed by atoms with Crippen molar-refractivity contribution in [1.29, 1.82) is 0 Å². The van der Waals surface area contributed by atoms with Crippen LogP contribution in [0.1, 0.15) is 1.37 Å². The molecule has 1 N–H and O–H groups in total. The van der Waals surface area contributed by atoms with Crippen molar-refractivity contribution < 1.29 is 27.5 Å². The average molecular weight is 711 g/mol. The van der Waals surface area contributed by atoms with Crippen molar-refractivity contribution in [3.63, 3.8) is 0 Å². The van der Waals surface area contributed by atoms with Gasteiger partial charge in [-0.3, -0.25) is 9.55 Å². The number of rotatable bonds is 5. The van der Waals surface area contributed by atoms with Crippen LogP contribution >= 0.6 is 0 Å². The summed E-state index contributed by atoms with van der Waals surface area (Å²) >= 11 is 0. The number of para-hydroxylation sites is 3. The van der Waals surface area contributed by atoms with Crippen molar-refractivity contribution in [3.8, 4) is 56.3 Å². The van der Waals surface area contributed by atoms with Crippen LogP contribution in [0.3, 0.4) is 0 Å². The van der Waals surface area contributed by atoms with Gasteiger partial charge >= 0.3 is 0 Å².